The molecule has 0 atom stereocenters. The summed E-state index contributed by atoms with van der Waals surface area (Å²) in [6, 6.07) is 4.93. The Bertz CT molecular complexity index is 689. The number of sulfone groups is 1. The van der Waals surface area contributed by atoms with Crippen molar-refractivity contribution in [2.75, 3.05) is 0 Å². The van der Waals surface area contributed by atoms with E-state index in [1.807, 2.05) is 5.38 Å². The van der Waals surface area contributed by atoms with Gasteiger partial charge in [-0.25, -0.2) is 18.4 Å². The van der Waals surface area contributed by atoms with Gasteiger partial charge in [-0.15, -0.1) is 11.3 Å². The van der Waals surface area contributed by atoms with Gasteiger partial charge in [-0.05, 0) is 25.0 Å². The molecule has 6 heteroatoms. The van der Waals surface area contributed by atoms with Gasteiger partial charge in [0, 0.05) is 17.5 Å². The Hall–Kier alpha value is -1.27. The van der Waals surface area contributed by atoms with Crippen LogP contribution in [0.25, 0.3) is 0 Å². The fourth-order valence-electron chi connectivity index (χ4n) is 2.74. The minimum Gasteiger partial charge on any atom is -0.245 e. The molecule has 0 bridgehead atoms. The highest BCUT2D eigenvalue weighted by Gasteiger charge is 2.22. The van der Waals surface area contributed by atoms with Gasteiger partial charge in [-0.3, -0.25) is 0 Å². The molecule has 0 unspecified atom stereocenters. The first-order valence-electron chi connectivity index (χ1n) is 7.23. The van der Waals surface area contributed by atoms with Gasteiger partial charge in [0.2, 0.25) is 9.84 Å². The summed E-state index contributed by atoms with van der Waals surface area (Å²) in [5.41, 5.74) is 1.07. The van der Waals surface area contributed by atoms with E-state index in [-0.39, 0.29) is 10.8 Å². The van der Waals surface area contributed by atoms with Crippen LogP contribution in [-0.2, 0) is 15.6 Å². The van der Waals surface area contributed by atoms with E-state index in [0.29, 0.717) is 10.9 Å². The Balaban J connectivity index is 1.75. The van der Waals surface area contributed by atoms with Crippen LogP contribution in [0.2, 0.25) is 0 Å². The number of hydrogen-bond acceptors (Lipinski definition) is 5. The zero-order chi connectivity index (χ0) is 14.7. The second-order valence-electron chi connectivity index (χ2n) is 5.43. The van der Waals surface area contributed by atoms with Gasteiger partial charge in [0.15, 0.2) is 5.03 Å². The lowest BCUT2D eigenvalue weighted by atomic mass is 9.87. The van der Waals surface area contributed by atoms with Crippen molar-refractivity contribution in [1.82, 2.24) is 9.97 Å². The van der Waals surface area contributed by atoms with Crippen LogP contribution in [0.3, 0.4) is 0 Å². The van der Waals surface area contributed by atoms with E-state index >= 15 is 0 Å². The van der Waals surface area contributed by atoms with E-state index in [1.165, 1.54) is 55.7 Å². The monoisotopic (exact) mass is 322 g/mol. The van der Waals surface area contributed by atoms with Crippen LogP contribution in [0.15, 0.2) is 34.8 Å². The summed E-state index contributed by atoms with van der Waals surface area (Å²) >= 11 is 1.45. The smallest absolute Gasteiger partial charge is 0.202 e. The second kappa shape index (κ2) is 6.23. The predicted octanol–water partition coefficient (Wildman–Crippen LogP) is 3.56. The van der Waals surface area contributed by atoms with Crippen molar-refractivity contribution in [3.8, 4) is 0 Å². The molecule has 21 heavy (non-hydrogen) atoms. The minimum atomic E-state index is -3.39. The van der Waals surface area contributed by atoms with Crippen molar-refractivity contribution < 1.29 is 8.42 Å². The van der Waals surface area contributed by atoms with Gasteiger partial charge in [0.25, 0.3) is 0 Å². The van der Waals surface area contributed by atoms with Crippen LogP contribution >= 0.6 is 11.3 Å². The highest BCUT2D eigenvalue weighted by Crippen LogP contribution is 2.33. The van der Waals surface area contributed by atoms with Crippen molar-refractivity contribution in [1.29, 1.82) is 0 Å². The van der Waals surface area contributed by atoms with Crippen LogP contribution in [0.4, 0.5) is 0 Å². The Morgan fingerprint density at radius 3 is 2.71 bits per heavy atom. The number of aromatic nitrogens is 2. The maximum Gasteiger partial charge on any atom is 0.202 e. The summed E-state index contributed by atoms with van der Waals surface area (Å²) in [5.74, 6) is 0.461. The van der Waals surface area contributed by atoms with Crippen molar-refractivity contribution >= 4 is 21.2 Å². The predicted molar refractivity (Wildman–Crippen MR) is 83.1 cm³/mol. The van der Waals surface area contributed by atoms with Crippen LogP contribution in [0, 0.1) is 0 Å². The zero-order valence-corrected chi connectivity index (χ0v) is 13.4. The average Bonchev–Trinajstić information content (AvgIpc) is 2.97. The summed E-state index contributed by atoms with van der Waals surface area (Å²) in [6.07, 6.45) is 7.67. The fourth-order valence-corrected chi connectivity index (χ4v) is 5.19. The lowest BCUT2D eigenvalue weighted by Crippen LogP contribution is -2.08. The van der Waals surface area contributed by atoms with E-state index in [4.69, 9.17) is 0 Å². The molecule has 0 radical (unpaired) electrons. The first-order valence-corrected chi connectivity index (χ1v) is 9.76. The molecule has 1 aliphatic rings. The molecule has 4 nitrogen and oxygen atoms in total. The Morgan fingerprint density at radius 2 is 2.00 bits per heavy atom. The van der Waals surface area contributed by atoms with Crippen LogP contribution in [0.1, 0.15) is 48.7 Å². The maximum atomic E-state index is 12.3. The average molecular weight is 322 g/mol. The molecule has 2 heterocycles. The normalized spacial score (nSPS) is 17.0. The zero-order valence-electron chi connectivity index (χ0n) is 11.7. The molecule has 0 aliphatic heterocycles. The molecule has 0 saturated heterocycles. The number of thiazole rings is 1. The third-order valence-electron chi connectivity index (χ3n) is 3.86. The van der Waals surface area contributed by atoms with Gasteiger partial charge in [0.05, 0.1) is 5.69 Å². The van der Waals surface area contributed by atoms with Crippen LogP contribution in [-0.4, -0.2) is 18.4 Å². The summed E-state index contributed by atoms with van der Waals surface area (Å²) in [6.45, 7) is 0. The number of pyridine rings is 1. The van der Waals surface area contributed by atoms with E-state index in [0.717, 1.165) is 5.69 Å². The SMILES string of the molecule is O=S(=O)(Cc1nc(C2CCCCC2)cs1)c1ccccn1. The molecule has 0 aromatic carbocycles. The topological polar surface area (TPSA) is 59.9 Å². The molecule has 2 aromatic heterocycles. The molecule has 0 spiro atoms. The summed E-state index contributed by atoms with van der Waals surface area (Å²) in [4.78, 5) is 8.49. The molecule has 2 aromatic rings. The van der Waals surface area contributed by atoms with Gasteiger partial charge in [0.1, 0.15) is 10.8 Å². The number of hydrogen-bond donors (Lipinski definition) is 0. The molecule has 1 saturated carbocycles. The molecular weight excluding hydrogens is 304 g/mol. The van der Waals surface area contributed by atoms with E-state index in [1.54, 1.807) is 12.1 Å². The van der Waals surface area contributed by atoms with Crippen LogP contribution < -0.4 is 0 Å². The third kappa shape index (κ3) is 3.49. The van der Waals surface area contributed by atoms with E-state index in [9.17, 15) is 8.42 Å². The molecule has 1 fully saturated rings. The Kier molecular flexibility index (Phi) is 4.35. The van der Waals surface area contributed by atoms with Gasteiger partial charge >= 0.3 is 0 Å². The van der Waals surface area contributed by atoms with Crippen molar-refractivity contribution in [3.63, 3.8) is 0 Å². The van der Waals surface area contributed by atoms with Gasteiger partial charge in [-0.1, -0.05) is 25.3 Å². The highest BCUT2D eigenvalue weighted by molar-refractivity contribution is 7.90. The van der Waals surface area contributed by atoms with Crippen LogP contribution in [0.5, 0.6) is 0 Å². The Morgan fingerprint density at radius 1 is 1.19 bits per heavy atom. The van der Waals surface area contributed by atoms with Crippen molar-refractivity contribution in [3.05, 3.63) is 40.5 Å². The van der Waals surface area contributed by atoms with Gasteiger partial charge < -0.3 is 0 Å². The number of nitrogens with zero attached hydrogens (tertiary/aromatic N) is 2. The fraction of sp³-hybridized carbons (Fsp3) is 0.467. The van der Waals surface area contributed by atoms with Crippen molar-refractivity contribution in [2.45, 2.75) is 48.8 Å². The first kappa shape index (κ1) is 14.7. The number of rotatable bonds is 4. The van der Waals surface area contributed by atoms with Gasteiger partial charge in [-0.2, -0.15) is 0 Å². The summed E-state index contributed by atoms with van der Waals surface area (Å²) < 4.78 is 24.6. The molecule has 0 N–H and O–H groups in total. The van der Waals surface area contributed by atoms with Crippen molar-refractivity contribution in [2.24, 2.45) is 0 Å². The largest absolute Gasteiger partial charge is 0.245 e. The first-order chi connectivity index (χ1) is 10.1. The highest BCUT2D eigenvalue weighted by atomic mass is 32.2. The Labute approximate surface area is 129 Å². The molecule has 112 valence electrons. The van der Waals surface area contributed by atoms with E-state index < -0.39 is 9.84 Å². The maximum absolute atomic E-state index is 12.3. The molecular formula is C15H18N2O2S2. The standard InChI is InChI=1S/C15H18N2O2S2/c18-21(19,15-8-4-5-9-16-15)11-14-17-13(10-20-14)12-6-2-1-3-7-12/h4-5,8-10,12H,1-3,6-7,11H2. The second-order valence-corrected chi connectivity index (χ2v) is 8.31. The third-order valence-corrected chi connectivity index (χ3v) is 6.44. The molecule has 0 amide bonds. The minimum absolute atomic E-state index is 0.0542. The van der Waals surface area contributed by atoms with E-state index in [2.05, 4.69) is 9.97 Å². The molecule has 3 rings (SSSR count). The summed E-state index contributed by atoms with van der Waals surface area (Å²) in [7, 11) is -3.39. The quantitative estimate of drug-likeness (QED) is 0.863. The molecule has 1 aliphatic carbocycles. The lowest BCUT2D eigenvalue weighted by Gasteiger charge is -2.19. The lowest BCUT2D eigenvalue weighted by molar-refractivity contribution is 0.437. The summed E-state index contributed by atoms with van der Waals surface area (Å²) in [5, 5.41) is 2.82.